The van der Waals surface area contributed by atoms with Crippen LogP contribution in [0.3, 0.4) is 0 Å². The third-order valence-corrected chi connectivity index (χ3v) is 5.34. The molecule has 1 aromatic carbocycles. The molecule has 19 heavy (non-hydrogen) atoms. The number of fused-ring (bicyclic) bond motifs is 1. The van der Waals surface area contributed by atoms with Crippen LogP contribution in [0.4, 0.5) is 0 Å². The summed E-state index contributed by atoms with van der Waals surface area (Å²) in [6.07, 6.45) is 3.85. The minimum atomic E-state index is 0.678. The molecule has 2 heteroatoms. The van der Waals surface area contributed by atoms with Crippen molar-refractivity contribution in [2.75, 3.05) is 12.3 Å². The lowest BCUT2D eigenvalue weighted by Crippen LogP contribution is -2.34. The second-order valence-electron chi connectivity index (χ2n) is 5.93. The van der Waals surface area contributed by atoms with Crippen LogP contribution in [0, 0.1) is 5.92 Å². The maximum absolute atomic E-state index is 3.71. The van der Waals surface area contributed by atoms with Crippen LogP contribution in [0.5, 0.6) is 0 Å². The molecule has 0 amide bonds. The first kappa shape index (κ1) is 14.9. The quantitative estimate of drug-likeness (QED) is 0.776. The third-order valence-electron chi connectivity index (χ3n) is 4.09. The standard InChI is InChI=1S/C17H27NS/c1-4-11-18-16(13(2)3)10-9-14-12-19-17-8-6-5-7-15(14)17/h5-8,13-14,16,18H,4,9-12H2,1-3H3. The van der Waals surface area contributed by atoms with Gasteiger partial charge in [0.1, 0.15) is 0 Å². The highest BCUT2D eigenvalue weighted by Gasteiger charge is 2.24. The van der Waals surface area contributed by atoms with Gasteiger partial charge in [0.25, 0.3) is 0 Å². The Balaban J connectivity index is 1.88. The fourth-order valence-corrected chi connectivity index (χ4v) is 4.15. The van der Waals surface area contributed by atoms with Crippen LogP contribution in [0.25, 0.3) is 0 Å². The van der Waals surface area contributed by atoms with Gasteiger partial charge in [0.2, 0.25) is 0 Å². The smallest absolute Gasteiger partial charge is 0.0107 e. The minimum absolute atomic E-state index is 0.678. The molecule has 2 unspecified atom stereocenters. The van der Waals surface area contributed by atoms with E-state index in [2.05, 4.69) is 50.4 Å². The zero-order valence-corrected chi connectivity index (χ0v) is 13.3. The van der Waals surface area contributed by atoms with Gasteiger partial charge in [-0.1, -0.05) is 39.0 Å². The fraction of sp³-hybridized carbons (Fsp3) is 0.647. The molecule has 0 saturated carbocycles. The molecule has 0 bridgehead atoms. The molecule has 0 saturated heterocycles. The first-order chi connectivity index (χ1) is 9.22. The molecule has 1 aromatic rings. The minimum Gasteiger partial charge on any atom is -0.314 e. The number of benzene rings is 1. The topological polar surface area (TPSA) is 12.0 Å². The van der Waals surface area contributed by atoms with Crippen LogP contribution in [0.15, 0.2) is 29.2 Å². The summed E-state index contributed by atoms with van der Waals surface area (Å²) in [6.45, 7) is 8.07. The molecule has 106 valence electrons. The highest BCUT2D eigenvalue weighted by atomic mass is 32.2. The normalized spacial score (nSPS) is 19.7. The van der Waals surface area contributed by atoms with E-state index in [0.29, 0.717) is 6.04 Å². The van der Waals surface area contributed by atoms with Crippen molar-refractivity contribution in [3.63, 3.8) is 0 Å². The van der Waals surface area contributed by atoms with Gasteiger partial charge in [0.15, 0.2) is 0 Å². The number of hydrogen-bond donors (Lipinski definition) is 1. The molecule has 0 radical (unpaired) electrons. The van der Waals surface area contributed by atoms with Gasteiger partial charge in [-0.05, 0) is 49.3 Å². The zero-order chi connectivity index (χ0) is 13.7. The Hall–Kier alpha value is -0.470. The van der Waals surface area contributed by atoms with Crippen LogP contribution in [-0.4, -0.2) is 18.3 Å². The van der Waals surface area contributed by atoms with E-state index in [0.717, 1.165) is 18.4 Å². The van der Waals surface area contributed by atoms with Crippen molar-refractivity contribution >= 4 is 11.8 Å². The number of hydrogen-bond acceptors (Lipinski definition) is 2. The summed E-state index contributed by atoms with van der Waals surface area (Å²) in [6, 6.07) is 9.62. The van der Waals surface area contributed by atoms with Gasteiger partial charge in [0, 0.05) is 16.7 Å². The summed E-state index contributed by atoms with van der Waals surface area (Å²) in [5, 5.41) is 3.71. The predicted molar refractivity (Wildman–Crippen MR) is 86.1 cm³/mol. The number of thioether (sulfide) groups is 1. The van der Waals surface area contributed by atoms with E-state index in [4.69, 9.17) is 0 Å². The predicted octanol–water partition coefficient (Wildman–Crippen LogP) is 4.68. The van der Waals surface area contributed by atoms with Gasteiger partial charge < -0.3 is 5.32 Å². The average Bonchev–Trinajstić information content (AvgIpc) is 2.82. The lowest BCUT2D eigenvalue weighted by atomic mass is 9.91. The van der Waals surface area contributed by atoms with Crippen LogP contribution >= 0.6 is 11.8 Å². The van der Waals surface area contributed by atoms with Crippen molar-refractivity contribution in [3.8, 4) is 0 Å². The van der Waals surface area contributed by atoms with Gasteiger partial charge in [-0.3, -0.25) is 0 Å². The Labute approximate surface area is 122 Å². The zero-order valence-electron chi connectivity index (χ0n) is 12.5. The van der Waals surface area contributed by atoms with Gasteiger partial charge in [-0.2, -0.15) is 0 Å². The largest absolute Gasteiger partial charge is 0.314 e. The van der Waals surface area contributed by atoms with Crippen LogP contribution < -0.4 is 5.32 Å². The van der Waals surface area contributed by atoms with Crippen molar-refractivity contribution in [2.24, 2.45) is 5.92 Å². The Kier molecular flexibility index (Phi) is 5.77. The molecule has 1 heterocycles. The molecule has 1 nitrogen and oxygen atoms in total. The monoisotopic (exact) mass is 277 g/mol. The summed E-state index contributed by atoms with van der Waals surface area (Å²) in [5.74, 6) is 2.78. The van der Waals surface area contributed by atoms with Crippen LogP contribution in [0.1, 0.15) is 51.5 Å². The number of rotatable bonds is 7. The Morgan fingerprint density at radius 2 is 2.11 bits per heavy atom. The summed E-state index contributed by atoms with van der Waals surface area (Å²) < 4.78 is 0. The van der Waals surface area contributed by atoms with E-state index >= 15 is 0 Å². The maximum atomic E-state index is 3.71. The molecule has 0 fully saturated rings. The highest BCUT2D eigenvalue weighted by molar-refractivity contribution is 7.99. The second-order valence-corrected chi connectivity index (χ2v) is 6.99. The molecule has 1 N–H and O–H groups in total. The van der Waals surface area contributed by atoms with Crippen molar-refractivity contribution in [1.82, 2.24) is 5.32 Å². The molecule has 2 rings (SSSR count). The van der Waals surface area contributed by atoms with Gasteiger partial charge in [0.05, 0.1) is 0 Å². The highest BCUT2D eigenvalue weighted by Crippen LogP contribution is 2.41. The lowest BCUT2D eigenvalue weighted by molar-refractivity contribution is 0.363. The van der Waals surface area contributed by atoms with Crippen molar-refractivity contribution < 1.29 is 0 Å². The summed E-state index contributed by atoms with van der Waals surface area (Å²) in [7, 11) is 0. The van der Waals surface area contributed by atoms with E-state index in [1.165, 1.54) is 29.9 Å². The second kappa shape index (κ2) is 7.35. The SMILES string of the molecule is CCCNC(CCC1CSc2ccccc21)C(C)C. The summed E-state index contributed by atoms with van der Waals surface area (Å²) in [5.41, 5.74) is 1.59. The van der Waals surface area contributed by atoms with E-state index in [9.17, 15) is 0 Å². The van der Waals surface area contributed by atoms with Crippen LogP contribution in [0.2, 0.25) is 0 Å². The summed E-state index contributed by atoms with van der Waals surface area (Å²) >= 11 is 2.03. The molecule has 1 aliphatic heterocycles. The van der Waals surface area contributed by atoms with Crippen molar-refractivity contribution in [2.45, 2.75) is 56.9 Å². The molecule has 0 aromatic heterocycles. The van der Waals surface area contributed by atoms with Gasteiger partial charge in [-0.25, -0.2) is 0 Å². The van der Waals surface area contributed by atoms with Gasteiger partial charge >= 0.3 is 0 Å². The Morgan fingerprint density at radius 3 is 2.84 bits per heavy atom. The molecular formula is C17H27NS. The first-order valence-corrected chi connectivity index (χ1v) is 8.66. The lowest BCUT2D eigenvalue weighted by Gasteiger charge is -2.24. The Bertz CT molecular complexity index is 389. The van der Waals surface area contributed by atoms with Crippen molar-refractivity contribution in [3.05, 3.63) is 29.8 Å². The molecule has 2 atom stereocenters. The molecule has 0 spiro atoms. The van der Waals surface area contributed by atoms with E-state index in [1.807, 2.05) is 11.8 Å². The molecular weight excluding hydrogens is 250 g/mol. The molecule has 0 aliphatic carbocycles. The summed E-state index contributed by atoms with van der Waals surface area (Å²) in [4.78, 5) is 1.51. The fourth-order valence-electron chi connectivity index (χ4n) is 2.85. The number of nitrogens with one attached hydrogen (secondary N) is 1. The van der Waals surface area contributed by atoms with Gasteiger partial charge in [-0.15, -0.1) is 11.8 Å². The van der Waals surface area contributed by atoms with Crippen LogP contribution in [-0.2, 0) is 0 Å². The first-order valence-electron chi connectivity index (χ1n) is 7.67. The van der Waals surface area contributed by atoms with Crippen molar-refractivity contribution in [1.29, 1.82) is 0 Å². The van der Waals surface area contributed by atoms with E-state index in [-0.39, 0.29) is 0 Å². The van der Waals surface area contributed by atoms with E-state index in [1.54, 1.807) is 5.56 Å². The third kappa shape index (κ3) is 4.00. The molecule has 1 aliphatic rings. The average molecular weight is 277 g/mol. The Morgan fingerprint density at radius 1 is 1.32 bits per heavy atom. The van der Waals surface area contributed by atoms with E-state index < -0.39 is 0 Å². The maximum Gasteiger partial charge on any atom is 0.0107 e.